The third-order valence-electron chi connectivity index (χ3n) is 4.45. The van der Waals surface area contributed by atoms with Gasteiger partial charge in [-0.2, -0.15) is 0 Å². The topological polar surface area (TPSA) is 42.2 Å². The van der Waals surface area contributed by atoms with Crippen molar-refractivity contribution in [3.63, 3.8) is 0 Å². The number of aromatic nitrogens is 3. The molecule has 0 radical (unpaired) electrons. The Morgan fingerprint density at radius 1 is 1.14 bits per heavy atom. The summed E-state index contributed by atoms with van der Waals surface area (Å²) in [5.74, 6) is 1.09. The van der Waals surface area contributed by atoms with Gasteiger partial charge in [0.15, 0.2) is 5.65 Å². The zero-order chi connectivity index (χ0) is 14.9. The van der Waals surface area contributed by atoms with Gasteiger partial charge in [0.05, 0.1) is 6.20 Å². The predicted octanol–water partition coefficient (Wildman–Crippen LogP) is 4.06. The summed E-state index contributed by atoms with van der Waals surface area (Å²) in [5.41, 5.74) is 4.31. The number of nitrogens with one attached hydrogen (secondary N) is 1. The normalized spacial score (nSPS) is 15.5. The van der Waals surface area contributed by atoms with E-state index in [0.717, 1.165) is 22.7 Å². The van der Waals surface area contributed by atoms with E-state index in [4.69, 9.17) is 4.98 Å². The summed E-state index contributed by atoms with van der Waals surface area (Å²) in [7, 11) is 0. The number of aryl methyl sites for hydroxylation is 1. The van der Waals surface area contributed by atoms with E-state index in [0.29, 0.717) is 6.04 Å². The van der Waals surface area contributed by atoms with E-state index in [-0.39, 0.29) is 0 Å². The Kier molecular flexibility index (Phi) is 3.29. The Bertz CT molecular complexity index is 782. The molecule has 0 amide bonds. The monoisotopic (exact) mass is 292 g/mol. The van der Waals surface area contributed by atoms with E-state index in [9.17, 15) is 0 Å². The van der Waals surface area contributed by atoms with Crippen LogP contribution in [0.4, 0.5) is 5.82 Å². The van der Waals surface area contributed by atoms with Crippen molar-refractivity contribution >= 4 is 11.5 Å². The lowest BCUT2D eigenvalue weighted by molar-refractivity contribution is 0.749. The number of fused-ring (bicyclic) bond motifs is 1. The van der Waals surface area contributed by atoms with Gasteiger partial charge in [0.2, 0.25) is 0 Å². The van der Waals surface area contributed by atoms with Crippen molar-refractivity contribution in [3.8, 4) is 11.3 Å². The zero-order valence-electron chi connectivity index (χ0n) is 12.8. The predicted molar refractivity (Wildman–Crippen MR) is 89.0 cm³/mol. The zero-order valence-corrected chi connectivity index (χ0v) is 12.8. The van der Waals surface area contributed by atoms with E-state index in [1.54, 1.807) is 0 Å². The Hall–Kier alpha value is -2.36. The fourth-order valence-corrected chi connectivity index (χ4v) is 3.22. The molecule has 4 rings (SSSR count). The number of nitrogens with zero attached hydrogens (tertiary/aromatic N) is 3. The Balaban J connectivity index is 1.83. The van der Waals surface area contributed by atoms with Crippen molar-refractivity contribution in [2.75, 3.05) is 5.32 Å². The Morgan fingerprint density at radius 2 is 1.91 bits per heavy atom. The minimum absolute atomic E-state index is 0.553. The van der Waals surface area contributed by atoms with E-state index in [1.165, 1.54) is 31.2 Å². The molecule has 1 fully saturated rings. The average molecular weight is 292 g/mol. The van der Waals surface area contributed by atoms with Crippen molar-refractivity contribution in [2.24, 2.45) is 0 Å². The third kappa shape index (κ3) is 2.34. The Morgan fingerprint density at radius 3 is 2.68 bits per heavy atom. The average Bonchev–Trinajstić information content (AvgIpc) is 3.17. The first-order valence-electron chi connectivity index (χ1n) is 7.97. The second-order valence-corrected chi connectivity index (χ2v) is 6.11. The summed E-state index contributed by atoms with van der Waals surface area (Å²) in [6.07, 6.45) is 10.7. The maximum Gasteiger partial charge on any atom is 0.157 e. The van der Waals surface area contributed by atoms with Gasteiger partial charge in [0.1, 0.15) is 11.5 Å². The molecule has 0 atom stereocenters. The molecule has 0 unspecified atom stereocenters. The lowest BCUT2D eigenvalue weighted by Gasteiger charge is -2.14. The molecule has 1 aliphatic rings. The lowest BCUT2D eigenvalue weighted by atomic mass is 10.1. The maximum absolute atomic E-state index is 4.79. The number of hydrogen-bond donors (Lipinski definition) is 1. The van der Waals surface area contributed by atoms with Crippen molar-refractivity contribution in [1.29, 1.82) is 0 Å². The smallest absolute Gasteiger partial charge is 0.157 e. The molecule has 2 heterocycles. The van der Waals surface area contributed by atoms with Crippen LogP contribution in [0.5, 0.6) is 0 Å². The molecule has 2 aromatic heterocycles. The van der Waals surface area contributed by atoms with Crippen molar-refractivity contribution in [2.45, 2.75) is 38.6 Å². The summed E-state index contributed by atoms with van der Waals surface area (Å²) in [5, 5.41) is 3.72. The molecule has 0 spiro atoms. The van der Waals surface area contributed by atoms with Gasteiger partial charge in [-0.25, -0.2) is 4.98 Å². The van der Waals surface area contributed by atoms with Crippen LogP contribution in [0, 0.1) is 6.92 Å². The van der Waals surface area contributed by atoms with Crippen molar-refractivity contribution in [1.82, 2.24) is 14.4 Å². The summed E-state index contributed by atoms with van der Waals surface area (Å²) >= 11 is 0. The van der Waals surface area contributed by atoms with Crippen molar-refractivity contribution < 1.29 is 0 Å². The summed E-state index contributed by atoms with van der Waals surface area (Å²) in [4.78, 5) is 8.99. The van der Waals surface area contributed by atoms with Crippen LogP contribution in [0.25, 0.3) is 16.9 Å². The first-order valence-corrected chi connectivity index (χ1v) is 7.97. The van der Waals surface area contributed by atoms with Crippen molar-refractivity contribution in [3.05, 3.63) is 48.4 Å². The van der Waals surface area contributed by atoms with Gasteiger partial charge < -0.3 is 5.32 Å². The molecule has 22 heavy (non-hydrogen) atoms. The standard InChI is InChI=1S/C18H20N4/c1-13-6-8-14(9-7-13)17-18(20-15-4-2-3-5-15)22-11-10-19-12-16(22)21-17/h6-12,15,20H,2-5H2,1H3. The molecule has 0 saturated heterocycles. The summed E-state index contributed by atoms with van der Waals surface area (Å²) in [6, 6.07) is 9.11. The minimum atomic E-state index is 0.553. The minimum Gasteiger partial charge on any atom is -0.367 e. The van der Waals surface area contributed by atoms with Gasteiger partial charge in [-0.15, -0.1) is 0 Å². The third-order valence-corrected chi connectivity index (χ3v) is 4.45. The van der Waals surface area contributed by atoms with Crippen LogP contribution in [-0.2, 0) is 0 Å². The van der Waals surface area contributed by atoms with E-state index in [1.807, 2.05) is 18.6 Å². The number of rotatable bonds is 3. The van der Waals surface area contributed by atoms with Crippen LogP contribution in [0.2, 0.25) is 0 Å². The van der Waals surface area contributed by atoms with Gasteiger partial charge in [0.25, 0.3) is 0 Å². The molecular weight excluding hydrogens is 272 g/mol. The van der Waals surface area contributed by atoms with Crippen LogP contribution in [0.3, 0.4) is 0 Å². The highest BCUT2D eigenvalue weighted by atomic mass is 15.2. The fourth-order valence-electron chi connectivity index (χ4n) is 3.22. The van der Waals surface area contributed by atoms with Crippen LogP contribution >= 0.6 is 0 Å². The molecule has 1 saturated carbocycles. The van der Waals surface area contributed by atoms with E-state index in [2.05, 4.69) is 45.9 Å². The lowest BCUT2D eigenvalue weighted by Crippen LogP contribution is -2.16. The molecule has 4 nitrogen and oxygen atoms in total. The van der Waals surface area contributed by atoms with E-state index < -0.39 is 0 Å². The largest absolute Gasteiger partial charge is 0.367 e. The SMILES string of the molecule is Cc1ccc(-c2nc3cnccn3c2NC2CCCC2)cc1. The first-order chi connectivity index (χ1) is 10.8. The highest BCUT2D eigenvalue weighted by Crippen LogP contribution is 2.31. The number of imidazole rings is 1. The highest BCUT2D eigenvalue weighted by Gasteiger charge is 2.20. The number of anilines is 1. The van der Waals surface area contributed by atoms with Crippen LogP contribution in [0.1, 0.15) is 31.2 Å². The maximum atomic E-state index is 4.79. The first kappa shape index (κ1) is 13.3. The van der Waals surface area contributed by atoms with Gasteiger partial charge in [-0.3, -0.25) is 9.38 Å². The molecule has 1 aromatic carbocycles. The van der Waals surface area contributed by atoms with Crippen LogP contribution in [0.15, 0.2) is 42.9 Å². The molecular formula is C18H20N4. The summed E-state index contributed by atoms with van der Waals surface area (Å²) < 4.78 is 2.11. The Labute approximate surface area is 130 Å². The van der Waals surface area contributed by atoms with Crippen LogP contribution < -0.4 is 5.32 Å². The number of benzene rings is 1. The molecule has 112 valence electrons. The quantitative estimate of drug-likeness (QED) is 0.791. The summed E-state index contributed by atoms with van der Waals surface area (Å²) in [6.45, 7) is 2.11. The second kappa shape index (κ2) is 5.44. The molecule has 0 bridgehead atoms. The number of hydrogen-bond acceptors (Lipinski definition) is 3. The van der Waals surface area contributed by atoms with Crippen LogP contribution in [-0.4, -0.2) is 20.4 Å². The fraction of sp³-hybridized carbons (Fsp3) is 0.333. The second-order valence-electron chi connectivity index (χ2n) is 6.11. The molecule has 0 aliphatic heterocycles. The highest BCUT2D eigenvalue weighted by molar-refractivity contribution is 5.76. The molecule has 1 N–H and O–H groups in total. The van der Waals surface area contributed by atoms with Gasteiger partial charge >= 0.3 is 0 Å². The molecule has 4 heteroatoms. The van der Waals surface area contributed by atoms with Gasteiger partial charge in [-0.1, -0.05) is 42.7 Å². The molecule has 3 aromatic rings. The van der Waals surface area contributed by atoms with Gasteiger partial charge in [0, 0.05) is 24.0 Å². The van der Waals surface area contributed by atoms with E-state index >= 15 is 0 Å². The van der Waals surface area contributed by atoms with Gasteiger partial charge in [-0.05, 0) is 19.8 Å². The molecule has 1 aliphatic carbocycles.